The first-order chi connectivity index (χ1) is 9.77. The topological polar surface area (TPSA) is 50.2 Å². The number of benzene rings is 1. The molecule has 5 nitrogen and oxygen atoms in total. The summed E-state index contributed by atoms with van der Waals surface area (Å²) < 4.78 is 1.83. The van der Waals surface area contributed by atoms with Crippen LogP contribution >= 0.6 is 0 Å². The van der Waals surface area contributed by atoms with Crippen LogP contribution in [-0.4, -0.2) is 46.5 Å². The second-order valence-electron chi connectivity index (χ2n) is 5.05. The van der Waals surface area contributed by atoms with Gasteiger partial charge >= 0.3 is 0 Å². The van der Waals surface area contributed by atoms with E-state index in [-0.39, 0.29) is 11.9 Å². The van der Waals surface area contributed by atoms with Crippen molar-refractivity contribution in [3.05, 3.63) is 48.5 Å². The molecule has 1 fully saturated rings. The molecule has 1 aromatic carbocycles. The Kier molecular flexibility index (Phi) is 3.52. The molecule has 0 aliphatic carbocycles. The van der Waals surface area contributed by atoms with Gasteiger partial charge in [0.15, 0.2) is 0 Å². The van der Waals surface area contributed by atoms with E-state index in [0.717, 1.165) is 25.2 Å². The van der Waals surface area contributed by atoms with Crippen molar-refractivity contribution in [2.45, 2.75) is 12.5 Å². The van der Waals surface area contributed by atoms with E-state index >= 15 is 0 Å². The SMILES string of the molecule is CN(C(=O)c1cncn1-c1ccccc1)C1CCNC1. The Morgan fingerprint density at radius 2 is 2.20 bits per heavy atom. The predicted molar refractivity (Wildman–Crippen MR) is 76.9 cm³/mol. The zero-order valence-corrected chi connectivity index (χ0v) is 11.5. The minimum atomic E-state index is 0.0139. The first-order valence-corrected chi connectivity index (χ1v) is 6.83. The van der Waals surface area contributed by atoms with E-state index in [1.54, 1.807) is 12.5 Å². The van der Waals surface area contributed by atoms with Gasteiger partial charge in [0, 0.05) is 25.3 Å². The molecule has 3 rings (SSSR count). The summed E-state index contributed by atoms with van der Waals surface area (Å²) in [5.74, 6) is 0.0139. The van der Waals surface area contributed by atoms with Gasteiger partial charge in [-0.2, -0.15) is 0 Å². The number of hydrogen-bond donors (Lipinski definition) is 1. The van der Waals surface area contributed by atoms with Crippen molar-refractivity contribution in [3.63, 3.8) is 0 Å². The first-order valence-electron chi connectivity index (χ1n) is 6.83. The minimum absolute atomic E-state index is 0.0139. The van der Waals surface area contributed by atoms with Gasteiger partial charge in [-0.15, -0.1) is 0 Å². The Morgan fingerprint density at radius 3 is 2.90 bits per heavy atom. The van der Waals surface area contributed by atoms with Gasteiger partial charge in [0.05, 0.1) is 12.5 Å². The van der Waals surface area contributed by atoms with E-state index in [0.29, 0.717) is 5.69 Å². The monoisotopic (exact) mass is 270 g/mol. The van der Waals surface area contributed by atoms with Crippen LogP contribution in [-0.2, 0) is 0 Å². The van der Waals surface area contributed by atoms with Crippen LogP contribution in [0.5, 0.6) is 0 Å². The molecule has 1 atom stereocenters. The lowest BCUT2D eigenvalue weighted by Crippen LogP contribution is -2.39. The second-order valence-corrected chi connectivity index (χ2v) is 5.05. The molecule has 20 heavy (non-hydrogen) atoms. The Bertz CT molecular complexity index is 587. The number of rotatable bonds is 3. The number of imidazole rings is 1. The van der Waals surface area contributed by atoms with Gasteiger partial charge in [-0.3, -0.25) is 9.36 Å². The highest BCUT2D eigenvalue weighted by Gasteiger charge is 2.26. The van der Waals surface area contributed by atoms with Crippen LogP contribution in [0.25, 0.3) is 5.69 Å². The Balaban J connectivity index is 1.87. The first kappa shape index (κ1) is 12.9. The number of likely N-dealkylation sites (N-methyl/N-ethyl adjacent to an activating group) is 1. The lowest BCUT2D eigenvalue weighted by Gasteiger charge is -2.24. The molecule has 0 radical (unpaired) electrons. The summed E-state index contributed by atoms with van der Waals surface area (Å²) in [6, 6.07) is 10.1. The molecule has 0 bridgehead atoms. The number of carbonyl (C=O) groups is 1. The molecule has 1 aliphatic rings. The average molecular weight is 270 g/mol. The Morgan fingerprint density at radius 1 is 1.40 bits per heavy atom. The number of hydrogen-bond acceptors (Lipinski definition) is 3. The van der Waals surface area contributed by atoms with Gasteiger partial charge in [-0.05, 0) is 25.1 Å². The van der Waals surface area contributed by atoms with Crippen LogP contribution in [0.2, 0.25) is 0 Å². The fourth-order valence-electron chi connectivity index (χ4n) is 2.56. The summed E-state index contributed by atoms with van der Waals surface area (Å²) in [7, 11) is 1.86. The zero-order valence-electron chi connectivity index (χ0n) is 11.5. The molecule has 5 heteroatoms. The summed E-state index contributed by atoms with van der Waals surface area (Å²) in [6.07, 6.45) is 4.32. The van der Waals surface area contributed by atoms with Gasteiger partial charge in [0.1, 0.15) is 5.69 Å². The second kappa shape index (κ2) is 5.46. The summed E-state index contributed by atoms with van der Waals surface area (Å²) in [6.45, 7) is 1.84. The van der Waals surface area contributed by atoms with Crippen molar-refractivity contribution in [2.75, 3.05) is 20.1 Å². The van der Waals surface area contributed by atoms with Crippen molar-refractivity contribution in [1.82, 2.24) is 19.8 Å². The summed E-state index contributed by atoms with van der Waals surface area (Å²) in [5.41, 5.74) is 1.55. The molecule has 0 spiro atoms. The van der Waals surface area contributed by atoms with E-state index in [9.17, 15) is 4.79 Å². The molecule has 1 unspecified atom stereocenters. The third-order valence-corrected chi connectivity index (χ3v) is 3.79. The number of amides is 1. The fraction of sp³-hybridized carbons (Fsp3) is 0.333. The summed E-state index contributed by atoms with van der Waals surface area (Å²) in [4.78, 5) is 18.6. The van der Waals surface area contributed by atoms with E-state index in [4.69, 9.17) is 0 Å². The van der Waals surface area contributed by atoms with Crippen molar-refractivity contribution < 1.29 is 4.79 Å². The van der Waals surface area contributed by atoms with Gasteiger partial charge in [0.25, 0.3) is 5.91 Å². The molecule has 1 aliphatic heterocycles. The van der Waals surface area contributed by atoms with Crippen LogP contribution in [0.4, 0.5) is 0 Å². The number of para-hydroxylation sites is 1. The van der Waals surface area contributed by atoms with E-state index in [1.165, 1.54) is 0 Å². The van der Waals surface area contributed by atoms with E-state index in [1.807, 2.05) is 46.8 Å². The molecule has 1 N–H and O–H groups in total. The van der Waals surface area contributed by atoms with Crippen molar-refractivity contribution in [1.29, 1.82) is 0 Å². The summed E-state index contributed by atoms with van der Waals surface area (Å²) >= 11 is 0. The zero-order chi connectivity index (χ0) is 13.9. The van der Waals surface area contributed by atoms with Crippen molar-refractivity contribution >= 4 is 5.91 Å². The van der Waals surface area contributed by atoms with Crippen LogP contribution in [0.15, 0.2) is 42.9 Å². The van der Waals surface area contributed by atoms with Gasteiger partial charge < -0.3 is 10.2 Å². The Labute approximate surface area is 118 Å². The smallest absolute Gasteiger partial charge is 0.272 e. The van der Waals surface area contributed by atoms with Crippen molar-refractivity contribution in [2.24, 2.45) is 0 Å². The van der Waals surface area contributed by atoms with Gasteiger partial charge in [0.2, 0.25) is 0 Å². The Hall–Kier alpha value is -2.14. The lowest BCUT2D eigenvalue weighted by atomic mass is 10.2. The third kappa shape index (κ3) is 2.32. The van der Waals surface area contributed by atoms with E-state index < -0.39 is 0 Å². The van der Waals surface area contributed by atoms with Gasteiger partial charge in [-0.1, -0.05) is 18.2 Å². The fourth-order valence-corrected chi connectivity index (χ4v) is 2.56. The predicted octanol–water partition coefficient (Wildman–Crippen LogP) is 1.31. The molecular formula is C15H18N4O. The largest absolute Gasteiger partial charge is 0.336 e. The maximum absolute atomic E-state index is 12.6. The number of nitrogens with zero attached hydrogens (tertiary/aromatic N) is 3. The number of nitrogens with one attached hydrogen (secondary N) is 1. The maximum Gasteiger partial charge on any atom is 0.272 e. The average Bonchev–Trinajstić information content (AvgIpc) is 3.17. The van der Waals surface area contributed by atoms with Gasteiger partial charge in [-0.25, -0.2) is 4.98 Å². The van der Waals surface area contributed by atoms with Crippen molar-refractivity contribution in [3.8, 4) is 5.69 Å². The number of aromatic nitrogens is 2. The van der Waals surface area contributed by atoms with E-state index in [2.05, 4.69) is 10.3 Å². The highest BCUT2D eigenvalue weighted by atomic mass is 16.2. The molecule has 104 valence electrons. The normalized spacial score (nSPS) is 18.1. The minimum Gasteiger partial charge on any atom is -0.336 e. The molecule has 1 amide bonds. The van der Waals surface area contributed by atoms with Crippen LogP contribution in [0, 0.1) is 0 Å². The van der Waals surface area contributed by atoms with Crippen LogP contribution < -0.4 is 5.32 Å². The molecular weight excluding hydrogens is 252 g/mol. The van der Waals surface area contributed by atoms with Crippen LogP contribution in [0.1, 0.15) is 16.9 Å². The van der Waals surface area contributed by atoms with Crippen LogP contribution in [0.3, 0.4) is 0 Å². The third-order valence-electron chi connectivity index (χ3n) is 3.79. The molecule has 1 aromatic heterocycles. The highest BCUT2D eigenvalue weighted by Crippen LogP contribution is 2.15. The number of carbonyl (C=O) groups excluding carboxylic acids is 1. The standard InChI is InChI=1S/C15H18N4O/c1-18(13-7-8-16-9-13)15(20)14-10-17-11-19(14)12-5-3-2-4-6-12/h2-6,10-11,13,16H,7-9H2,1H3. The maximum atomic E-state index is 12.6. The lowest BCUT2D eigenvalue weighted by molar-refractivity contribution is 0.0735. The molecule has 2 aromatic rings. The quantitative estimate of drug-likeness (QED) is 0.915. The molecule has 1 saturated heterocycles. The highest BCUT2D eigenvalue weighted by molar-refractivity contribution is 5.93. The molecule has 2 heterocycles. The summed E-state index contributed by atoms with van der Waals surface area (Å²) in [5, 5.41) is 3.28. The molecule has 0 saturated carbocycles.